The van der Waals surface area contributed by atoms with Crippen molar-refractivity contribution in [3.63, 3.8) is 0 Å². The number of para-hydroxylation sites is 1. The number of hydrogen-bond acceptors (Lipinski definition) is 10. The van der Waals surface area contributed by atoms with Crippen molar-refractivity contribution in [1.82, 2.24) is 16.1 Å². The number of ether oxygens (including phenoxy) is 3. The van der Waals surface area contributed by atoms with Gasteiger partial charge < -0.3 is 30.0 Å². The average molecular weight is 565 g/mol. The van der Waals surface area contributed by atoms with Crippen LogP contribution >= 0.6 is 0 Å². The van der Waals surface area contributed by atoms with Crippen LogP contribution in [0, 0.1) is 5.92 Å². The normalized spacial score (nSPS) is 19.4. The number of amides is 3. The van der Waals surface area contributed by atoms with Gasteiger partial charge in [0.15, 0.2) is 17.7 Å². The number of anilines is 1. The van der Waals surface area contributed by atoms with Crippen LogP contribution in [-0.2, 0) is 14.3 Å². The fraction of sp³-hybridized carbons (Fsp3) is 0.321. The number of esters is 1. The van der Waals surface area contributed by atoms with Gasteiger partial charge in [-0.05, 0) is 50.6 Å². The summed E-state index contributed by atoms with van der Waals surface area (Å²) < 4.78 is 16.4. The first-order chi connectivity index (χ1) is 19.7. The molecule has 0 saturated carbocycles. The second kappa shape index (κ2) is 13.0. The topological polar surface area (TPSA) is 163 Å². The van der Waals surface area contributed by atoms with Crippen molar-refractivity contribution >= 4 is 35.5 Å². The SMILES string of the molecule is CCOc1cc([C@@H]2NC(=O)NC(C)=C2C(=O)OC)ccc1OC[C@H](O)N/N=C\[C@@H]1C(=O)N(c2ccccc2)N=C1C. The van der Waals surface area contributed by atoms with Gasteiger partial charge in [0.25, 0.3) is 5.91 Å². The van der Waals surface area contributed by atoms with Crippen molar-refractivity contribution in [1.29, 1.82) is 0 Å². The molecule has 2 aliphatic heterocycles. The van der Waals surface area contributed by atoms with Gasteiger partial charge >= 0.3 is 12.0 Å². The second-order valence-corrected chi connectivity index (χ2v) is 9.14. The Hall–Kier alpha value is -4.91. The van der Waals surface area contributed by atoms with Crippen LogP contribution in [0.1, 0.15) is 32.4 Å². The van der Waals surface area contributed by atoms with E-state index in [1.54, 1.807) is 51.1 Å². The first-order valence-corrected chi connectivity index (χ1v) is 12.9. The van der Waals surface area contributed by atoms with Crippen molar-refractivity contribution in [3.05, 3.63) is 65.4 Å². The Morgan fingerprint density at radius 3 is 2.63 bits per heavy atom. The maximum atomic E-state index is 12.8. The van der Waals surface area contributed by atoms with E-state index < -0.39 is 30.2 Å². The first kappa shape index (κ1) is 29.1. The molecular formula is C28H32N6O7. The van der Waals surface area contributed by atoms with Crippen LogP contribution in [0.4, 0.5) is 10.5 Å². The lowest BCUT2D eigenvalue weighted by Crippen LogP contribution is -2.45. The van der Waals surface area contributed by atoms with E-state index in [4.69, 9.17) is 14.2 Å². The lowest BCUT2D eigenvalue weighted by atomic mass is 9.95. The van der Waals surface area contributed by atoms with Crippen molar-refractivity contribution < 1.29 is 33.7 Å². The van der Waals surface area contributed by atoms with Gasteiger partial charge in [-0.1, -0.05) is 24.3 Å². The minimum atomic E-state index is -1.21. The van der Waals surface area contributed by atoms with Crippen molar-refractivity contribution in [3.8, 4) is 11.5 Å². The zero-order valence-corrected chi connectivity index (χ0v) is 23.1. The number of carbonyl (C=O) groups is 3. The number of nitrogens with zero attached hydrogens (tertiary/aromatic N) is 3. The molecule has 4 N–H and O–H groups in total. The molecule has 0 radical (unpaired) electrons. The standard InChI is InChI=1S/C28H32N6O7/c1-5-40-22-13-18(25-24(27(37)39-4)17(3)30-28(38)31-25)11-12-21(22)41-15-23(35)32-29-14-20-16(2)33-34(26(20)36)19-9-7-6-8-10-19/h6-14,20,23,25,32,35H,5,15H2,1-4H3,(H2,30,31,38)/b29-14-/t20-,23-,25-/m0/s1. The van der Waals surface area contributed by atoms with Gasteiger partial charge in [0.1, 0.15) is 12.5 Å². The van der Waals surface area contributed by atoms with Crippen LogP contribution in [0.2, 0.25) is 0 Å². The van der Waals surface area contributed by atoms with E-state index in [1.165, 1.54) is 18.3 Å². The molecule has 0 aromatic heterocycles. The molecule has 0 aliphatic carbocycles. The summed E-state index contributed by atoms with van der Waals surface area (Å²) in [4.78, 5) is 37.3. The fourth-order valence-corrected chi connectivity index (χ4v) is 4.33. The molecule has 41 heavy (non-hydrogen) atoms. The maximum Gasteiger partial charge on any atom is 0.337 e. The highest BCUT2D eigenvalue weighted by atomic mass is 16.5. The highest BCUT2D eigenvalue weighted by Crippen LogP contribution is 2.35. The Bertz CT molecular complexity index is 1390. The molecule has 216 valence electrons. The largest absolute Gasteiger partial charge is 0.490 e. The highest BCUT2D eigenvalue weighted by Gasteiger charge is 2.34. The number of aliphatic hydroxyl groups excluding tert-OH is 1. The third-order valence-electron chi connectivity index (χ3n) is 6.30. The summed E-state index contributed by atoms with van der Waals surface area (Å²) in [5.74, 6) is -0.831. The Kier molecular flexibility index (Phi) is 9.19. The maximum absolute atomic E-state index is 12.8. The predicted octanol–water partition coefficient (Wildman–Crippen LogP) is 2.20. The molecule has 13 heteroatoms. The number of rotatable bonds is 11. The molecule has 2 aromatic carbocycles. The van der Waals surface area contributed by atoms with Crippen LogP contribution in [-0.4, -0.2) is 61.5 Å². The van der Waals surface area contributed by atoms with Gasteiger partial charge in [-0.25, -0.2) is 9.59 Å². The molecule has 2 heterocycles. The lowest BCUT2D eigenvalue weighted by Gasteiger charge is -2.28. The molecule has 0 fully saturated rings. The van der Waals surface area contributed by atoms with Crippen LogP contribution in [0.15, 0.2) is 70.0 Å². The third kappa shape index (κ3) is 6.64. The number of urea groups is 1. The van der Waals surface area contributed by atoms with E-state index in [0.717, 1.165) is 0 Å². The van der Waals surface area contributed by atoms with Gasteiger partial charge in [-0.2, -0.15) is 15.2 Å². The number of hydrazone groups is 2. The van der Waals surface area contributed by atoms with Gasteiger partial charge in [0.05, 0.1) is 36.7 Å². The van der Waals surface area contributed by atoms with Gasteiger partial charge in [0.2, 0.25) is 0 Å². The first-order valence-electron chi connectivity index (χ1n) is 12.9. The predicted molar refractivity (Wildman–Crippen MR) is 150 cm³/mol. The minimum Gasteiger partial charge on any atom is -0.490 e. The van der Waals surface area contributed by atoms with E-state index in [2.05, 4.69) is 26.3 Å². The summed E-state index contributed by atoms with van der Waals surface area (Å²) >= 11 is 0. The number of allylic oxidation sites excluding steroid dienone is 1. The van der Waals surface area contributed by atoms with E-state index in [1.807, 2.05) is 18.2 Å². The van der Waals surface area contributed by atoms with Crippen LogP contribution in [0.3, 0.4) is 0 Å². The van der Waals surface area contributed by atoms with Crippen LogP contribution < -0.4 is 30.5 Å². The smallest absolute Gasteiger partial charge is 0.337 e. The fourth-order valence-electron chi connectivity index (χ4n) is 4.33. The average Bonchev–Trinajstić information content (AvgIpc) is 3.25. The summed E-state index contributed by atoms with van der Waals surface area (Å²) in [6.45, 7) is 5.27. The number of carbonyl (C=O) groups excluding carboxylic acids is 3. The van der Waals surface area contributed by atoms with E-state index in [0.29, 0.717) is 40.8 Å². The Morgan fingerprint density at radius 1 is 1.17 bits per heavy atom. The lowest BCUT2D eigenvalue weighted by molar-refractivity contribution is -0.136. The molecular weight excluding hydrogens is 532 g/mol. The summed E-state index contributed by atoms with van der Waals surface area (Å²) in [5.41, 5.74) is 4.98. The molecule has 2 aliphatic rings. The van der Waals surface area contributed by atoms with E-state index in [-0.39, 0.29) is 18.1 Å². The van der Waals surface area contributed by atoms with Gasteiger partial charge in [0, 0.05) is 11.9 Å². The molecule has 3 atom stereocenters. The van der Waals surface area contributed by atoms with Gasteiger partial charge in [-0.15, -0.1) is 0 Å². The minimum absolute atomic E-state index is 0.199. The number of benzene rings is 2. The molecule has 13 nitrogen and oxygen atoms in total. The van der Waals surface area contributed by atoms with Crippen LogP contribution in [0.25, 0.3) is 0 Å². The zero-order valence-electron chi connectivity index (χ0n) is 23.1. The Balaban J connectivity index is 1.39. The number of nitrogens with one attached hydrogen (secondary N) is 3. The van der Waals surface area contributed by atoms with Crippen LogP contribution in [0.5, 0.6) is 11.5 Å². The van der Waals surface area contributed by atoms with Gasteiger partial charge in [-0.3, -0.25) is 10.2 Å². The Labute approximate surface area is 236 Å². The molecule has 0 unspecified atom stereocenters. The summed E-state index contributed by atoms with van der Waals surface area (Å²) in [6, 6.07) is 12.8. The quantitative estimate of drug-likeness (QED) is 0.140. The summed E-state index contributed by atoms with van der Waals surface area (Å²) in [7, 11) is 1.27. The molecule has 0 saturated heterocycles. The van der Waals surface area contributed by atoms with Crippen molar-refractivity contribution in [2.45, 2.75) is 33.0 Å². The third-order valence-corrected chi connectivity index (χ3v) is 6.30. The summed E-state index contributed by atoms with van der Waals surface area (Å²) in [5, 5.41) is 25.3. The molecule has 3 amide bonds. The zero-order chi connectivity index (χ0) is 29.5. The van der Waals surface area contributed by atoms with Crippen molar-refractivity contribution in [2.75, 3.05) is 25.3 Å². The molecule has 0 bridgehead atoms. The summed E-state index contributed by atoms with van der Waals surface area (Å²) in [6.07, 6.45) is 0.176. The number of methoxy groups -OCH3 is 1. The van der Waals surface area contributed by atoms with E-state index >= 15 is 0 Å². The second-order valence-electron chi connectivity index (χ2n) is 9.14. The van der Waals surface area contributed by atoms with Crippen molar-refractivity contribution in [2.24, 2.45) is 16.1 Å². The Morgan fingerprint density at radius 2 is 1.93 bits per heavy atom. The number of hydrogen-bond donors (Lipinski definition) is 4. The molecule has 2 aromatic rings. The molecule has 4 rings (SSSR count). The molecule has 0 spiro atoms. The monoisotopic (exact) mass is 564 g/mol. The number of aliphatic hydroxyl groups is 1. The van der Waals surface area contributed by atoms with E-state index in [9.17, 15) is 19.5 Å². The highest BCUT2D eigenvalue weighted by molar-refractivity contribution is 6.23.